The van der Waals surface area contributed by atoms with Crippen LogP contribution in [0.5, 0.6) is 0 Å². The summed E-state index contributed by atoms with van der Waals surface area (Å²) in [6.45, 7) is 5.38. The van der Waals surface area contributed by atoms with E-state index >= 15 is 0 Å². The van der Waals surface area contributed by atoms with Crippen molar-refractivity contribution in [3.8, 4) is 0 Å². The van der Waals surface area contributed by atoms with E-state index in [1.54, 1.807) is 13.0 Å². The van der Waals surface area contributed by atoms with E-state index in [0.717, 1.165) is 11.3 Å². The SMILES string of the molecule is CC/C=C/C(=O)OCC(=O)N(CC)c1c(N)n(CCCC)c(=O)[nH]c1=O. The third-order valence-electron chi connectivity index (χ3n) is 3.66. The maximum Gasteiger partial charge on any atom is 0.330 e. The van der Waals surface area contributed by atoms with Crippen LogP contribution in [0, 0.1) is 0 Å². The van der Waals surface area contributed by atoms with Crippen LogP contribution in [0.1, 0.15) is 40.0 Å². The molecule has 0 radical (unpaired) electrons. The fourth-order valence-corrected chi connectivity index (χ4v) is 2.31. The first-order valence-corrected chi connectivity index (χ1v) is 8.63. The van der Waals surface area contributed by atoms with Gasteiger partial charge in [-0.05, 0) is 19.8 Å². The standard InChI is InChI=1S/C17H26N4O5/c1-4-7-9-13(23)26-11-12(22)20(6-3)14-15(18)21(10-8-5-2)17(25)19-16(14)24/h7,9H,4-6,8,10-11,18H2,1-3H3,(H,19,24,25)/b9-7+. The molecule has 0 aromatic carbocycles. The van der Waals surface area contributed by atoms with Gasteiger partial charge in [-0.2, -0.15) is 0 Å². The molecule has 0 aliphatic heterocycles. The number of amides is 1. The van der Waals surface area contributed by atoms with Crippen LogP contribution in [0.2, 0.25) is 0 Å². The quantitative estimate of drug-likeness (QED) is 0.491. The van der Waals surface area contributed by atoms with E-state index in [9.17, 15) is 19.2 Å². The number of anilines is 2. The zero-order valence-electron chi connectivity index (χ0n) is 15.4. The van der Waals surface area contributed by atoms with E-state index < -0.39 is 29.7 Å². The first-order chi connectivity index (χ1) is 12.4. The molecule has 9 heteroatoms. The zero-order chi connectivity index (χ0) is 19.7. The van der Waals surface area contributed by atoms with Gasteiger partial charge in [-0.3, -0.25) is 19.1 Å². The third kappa shape index (κ3) is 5.33. The van der Waals surface area contributed by atoms with Crippen molar-refractivity contribution in [2.75, 3.05) is 23.8 Å². The van der Waals surface area contributed by atoms with Crippen molar-refractivity contribution in [1.29, 1.82) is 0 Å². The number of nitrogens with zero attached hydrogens (tertiary/aromatic N) is 2. The Labute approximate surface area is 151 Å². The van der Waals surface area contributed by atoms with Crippen molar-refractivity contribution < 1.29 is 14.3 Å². The molecule has 0 aliphatic carbocycles. The Morgan fingerprint density at radius 1 is 1.27 bits per heavy atom. The molecule has 1 rings (SSSR count). The molecule has 0 unspecified atom stereocenters. The van der Waals surface area contributed by atoms with Gasteiger partial charge >= 0.3 is 11.7 Å². The maximum absolute atomic E-state index is 12.4. The van der Waals surface area contributed by atoms with Gasteiger partial charge in [-0.1, -0.05) is 26.3 Å². The van der Waals surface area contributed by atoms with Gasteiger partial charge in [0.1, 0.15) is 5.82 Å². The molecule has 1 heterocycles. The summed E-state index contributed by atoms with van der Waals surface area (Å²) in [5, 5.41) is 0. The normalized spacial score (nSPS) is 10.9. The molecule has 0 aliphatic rings. The van der Waals surface area contributed by atoms with Gasteiger partial charge in [-0.25, -0.2) is 9.59 Å². The highest BCUT2D eigenvalue weighted by molar-refractivity contribution is 5.97. The summed E-state index contributed by atoms with van der Waals surface area (Å²) in [4.78, 5) is 51.3. The van der Waals surface area contributed by atoms with E-state index in [4.69, 9.17) is 10.5 Å². The fraction of sp³-hybridized carbons (Fsp3) is 0.529. The lowest BCUT2D eigenvalue weighted by atomic mass is 10.3. The minimum Gasteiger partial charge on any atom is -0.452 e. The Hall–Kier alpha value is -2.84. The molecule has 0 fully saturated rings. The number of carbonyl (C=O) groups excluding carboxylic acids is 2. The van der Waals surface area contributed by atoms with Crippen molar-refractivity contribution in [2.45, 2.75) is 46.6 Å². The Balaban J connectivity index is 3.11. The number of allylic oxidation sites excluding steroid dienone is 1. The van der Waals surface area contributed by atoms with Crippen LogP contribution in [0.25, 0.3) is 0 Å². The van der Waals surface area contributed by atoms with Gasteiger partial charge in [-0.15, -0.1) is 0 Å². The molecule has 1 aromatic rings. The lowest BCUT2D eigenvalue weighted by molar-refractivity contribution is -0.143. The highest BCUT2D eigenvalue weighted by atomic mass is 16.5. The first-order valence-electron chi connectivity index (χ1n) is 8.63. The minimum atomic E-state index is -0.757. The van der Waals surface area contributed by atoms with Crippen LogP contribution in [0.15, 0.2) is 21.7 Å². The van der Waals surface area contributed by atoms with E-state index in [-0.39, 0.29) is 18.1 Å². The van der Waals surface area contributed by atoms with E-state index in [2.05, 4.69) is 4.98 Å². The summed E-state index contributed by atoms with van der Waals surface area (Å²) in [5.74, 6) is -1.34. The summed E-state index contributed by atoms with van der Waals surface area (Å²) in [6.07, 6.45) is 5.02. The number of aromatic nitrogens is 2. The molecule has 144 valence electrons. The molecule has 1 amide bonds. The van der Waals surface area contributed by atoms with Crippen molar-refractivity contribution in [3.05, 3.63) is 33.0 Å². The highest BCUT2D eigenvalue weighted by Gasteiger charge is 2.23. The van der Waals surface area contributed by atoms with Gasteiger partial charge in [0, 0.05) is 19.2 Å². The summed E-state index contributed by atoms with van der Waals surface area (Å²) >= 11 is 0. The Morgan fingerprint density at radius 3 is 2.54 bits per heavy atom. The number of hydrogen-bond donors (Lipinski definition) is 2. The van der Waals surface area contributed by atoms with Gasteiger partial charge < -0.3 is 15.4 Å². The topological polar surface area (TPSA) is 127 Å². The number of esters is 1. The second-order valence-corrected chi connectivity index (χ2v) is 5.55. The number of unbranched alkanes of at least 4 members (excludes halogenated alkanes) is 1. The first kappa shape index (κ1) is 21.2. The number of nitrogens with two attached hydrogens (primary N) is 1. The lowest BCUT2D eigenvalue weighted by Crippen LogP contribution is -2.42. The van der Waals surface area contributed by atoms with Gasteiger partial charge in [0.2, 0.25) is 0 Å². The molecule has 0 saturated carbocycles. The number of hydrogen-bond acceptors (Lipinski definition) is 6. The summed E-state index contributed by atoms with van der Waals surface area (Å²) in [6, 6.07) is 0. The van der Waals surface area contributed by atoms with Crippen LogP contribution in [0.3, 0.4) is 0 Å². The summed E-state index contributed by atoms with van der Waals surface area (Å²) < 4.78 is 6.10. The molecular weight excluding hydrogens is 340 g/mol. The number of carbonyl (C=O) groups is 2. The molecule has 0 spiro atoms. The average Bonchev–Trinajstić information content (AvgIpc) is 2.61. The summed E-state index contributed by atoms with van der Waals surface area (Å²) in [5.41, 5.74) is 4.50. The molecule has 26 heavy (non-hydrogen) atoms. The molecule has 3 N–H and O–H groups in total. The van der Waals surface area contributed by atoms with Crippen molar-refractivity contribution >= 4 is 23.4 Å². The fourth-order valence-electron chi connectivity index (χ4n) is 2.31. The van der Waals surface area contributed by atoms with E-state index in [1.165, 1.54) is 10.6 Å². The van der Waals surface area contributed by atoms with E-state index in [0.29, 0.717) is 19.4 Å². The number of ether oxygens (including phenoxy) is 1. The van der Waals surface area contributed by atoms with Crippen molar-refractivity contribution in [2.24, 2.45) is 0 Å². The second kappa shape index (κ2) is 10.2. The highest BCUT2D eigenvalue weighted by Crippen LogP contribution is 2.17. The van der Waals surface area contributed by atoms with Crippen molar-refractivity contribution in [3.63, 3.8) is 0 Å². The zero-order valence-corrected chi connectivity index (χ0v) is 15.4. The smallest absolute Gasteiger partial charge is 0.330 e. The van der Waals surface area contributed by atoms with Crippen LogP contribution in [0.4, 0.5) is 11.5 Å². The van der Waals surface area contributed by atoms with Gasteiger partial charge in [0.25, 0.3) is 11.5 Å². The average molecular weight is 366 g/mol. The predicted octanol–water partition coefficient (Wildman–Crippen LogP) is 0.781. The maximum atomic E-state index is 12.4. The van der Waals surface area contributed by atoms with E-state index in [1.807, 2.05) is 13.8 Å². The van der Waals surface area contributed by atoms with Gasteiger partial charge in [0.05, 0.1) is 0 Å². The minimum absolute atomic E-state index is 0.0837. The molecule has 1 aromatic heterocycles. The lowest BCUT2D eigenvalue weighted by Gasteiger charge is -2.22. The monoisotopic (exact) mass is 366 g/mol. The Bertz CT molecular complexity index is 778. The second-order valence-electron chi connectivity index (χ2n) is 5.55. The molecular formula is C17H26N4O5. The summed E-state index contributed by atoms with van der Waals surface area (Å²) in [7, 11) is 0. The largest absolute Gasteiger partial charge is 0.452 e. The number of nitrogens with one attached hydrogen (secondary N) is 1. The number of H-pyrrole nitrogens is 1. The van der Waals surface area contributed by atoms with Crippen LogP contribution in [-0.4, -0.2) is 34.6 Å². The number of nitrogen functional groups attached to an aromatic ring is 1. The van der Waals surface area contributed by atoms with Crippen LogP contribution >= 0.6 is 0 Å². The predicted molar refractivity (Wildman–Crippen MR) is 99.1 cm³/mol. The Kier molecular flexibility index (Phi) is 8.33. The number of likely N-dealkylation sites (N-methyl/N-ethyl adjacent to an activating group) is 1. The molecule has 0 bridgehead atoms. The molecule has 9 nitrogen and oxygen atoms in total. The van der Waals surface area contributed by atoms with Gasteiger partial charge in [0.15, 0.2) is 12.3 Å². The number of rotatable bonds is 9. The molecule has 0 saturated heterocycles. The molecule has 0 atom stereocenters. The Morgan fingerprint density at radius 2 is 1.96 bits per heavy atom. The third-order valence-corrected chi connectivity index (χ3v) is 3.66. The number of aromatic amines is 1. The van der Waals surface area contributed by atoms with Crippen LogP contribution in [-0.2, 0) is 20.9 Å². The van der Waals surface area contributed by atoms with Crippen molar-refractivity contribution in [1.82, 2.24) is 9.55 Å². The van der Waals surface area contributed by atoms with Crippen LogP contribution < -0.4 is 21.9 Å².